The Morgan fingerprint density at radius 2 is 1.89 bits per heavy atom. The van der Waals surface area contributed by atoms with Gasteiger partial charge in [-0.15, -0.1) is 0 Å². The molecule has 28 heavy (non-hydrogen) atoms. The molecule has 1 amide bonds. The van der Waals surface area contributed by atoms with Crippen LogP contribution in [0.3, 0.4) is 0 Å². The first-order valence-corrected chi connectivity index (χ1v) is 9.00. The summed E-state index contributed by atoms with van der Waals surface area (Å²) in [6.45, 7) is 0.496. The maximum absolute atomic E-state index is 12.3. The number of carbonyl (C=O) groups excluding carboxylic acids is 1. The summed E-state index contributed by atoms with van der Waals surface area (Å²) in [6, 6.07) is 20.8. The Morgan fingerprint density at radius 3 is 2.64 bits per heavy atom. The first-order valence-electron chi connectivity index (χ1n) is 9.00. The first kappa shape index (κ1) is 17.7. The zero-order chi connectivity index (χ0) is 19.2. The molecule has 140 valence electrons. The van der Waals surface area contributed by atoms with Crippen molar-refractivity contribution < 1.29 is 14.4 Å². The second-order valence-electron chi connectivity index (χ2n) is 6.36. The molecular formula is C22H19N3O3. The standard InChI is InChI=1S/C22H19N3O3/c26-22(24-14-16-5-2-1-3-6-16)18-10-8-17(9-11-18)20-13-21(25-28-20)27-19-7-4-12-23-15-19/h1-12,15,20H,13-14H2,(H,24,26)/t20-/m1/s1. The van der Waals surface area contributed by atoms with Crippen molar-refractivity contribution >= 4 is 11.8 Å². The number of nitrogens with one attached hydrogen (secondary N) is 1. The van der Waals surface area contributed by atoms with Crippen LogP contribution in [0.5, 0.6) is 5.75 Å². The van der Waals surface area contributed by atoms with Crippen molar-refractivity contribution in [3.8, 4) is 5.75 Å². The Kier molecular flexibility index (Phi) is 5.29. The lowest BCUT2D eigenvalue weighted by molar-refractivity contribution is 0.0854. The zero-order valence-electron chi connectivity index (χ0n) is 15.1. The summed E-state index contributed by atoms with van der Waals surface area (Å²) in [7, 11) is 0. The summed E-state index contributed by atoms with van der Waals surface area (Å²) in [5.74, 6) is 1.01. The molecule has 6 heteroatoms. The van der Waals surface area contributed by atoms with E-state index in [0.29, 0.717) is 30.2 Å². The lowest BCUT2D eigenvalue weighted by atomic mass is 10.0. The van der Waals surface area contributed by atoms with E-state index in [1.807, 2.05) is 48.5 Å². The molecule has 6 nitrogen and oxygen atoms in total. The Labute approximate surface area is 162 Å². The van der Waals surface area contributed by atoms with Gasteiger partial charge in [0.25, 0.3) is 5.91 Å². The molecule has 0 radical (unpaired) electrons. The average molecular weight is 373 g/mol. The van der Waals surface area contributed by atoms with Crippen LogP contribution in [0.2, 0.25) is 0 Å². The predicted molar refractivity (Wildman–Crippen MR) is 105 cm³/mol. The fraction of sp³-hybridized carbons (Fsp3) is 0.136. The van der Waals surface area contributed by atoms with Crippen molar-refractivity contribution in [1.29, 1.82) is 0 Å². The van der Waals surface area contributed by atoms with Crippen LogP contribution < -0.4 is 10.1 Å². The largest absolute Gasteiger partial charge is 0.438 e. The number of aromatic nitrogens is 1. The smallest absolute Gasteiger partial charge is 0.251 e. The molecular weight excluding hydrogens is 354 g/mol. The SMILES string of the molecule is O=C(NCc1ccccc1)c1ccc([C@H]2CC(Oc3cccnc3)=NO2)cc1. The molecule has 3 aromatic rings. The normalized spacial score (nSPS) is 15.4. The maximum atomic E-state index is 12.3. The van der Waals surface area contributed by atoms with Gasteiger partial charge in [0.1, 0.15) is 5.75 Å². The second-order valence-corrected chi connectivity index (χ2v) is 6.36. The minimum Gasteiger partial charge on any atom is -0.438 e. The number of benzene rings is 2. The van der Waals surface area contributed by atoms with E-state index in [0.717, 1.165) is 11.1 Å². The lowest BCUT2D eigenvalue weighted by Crippen LogP contribution is -2.22. The number of nitrogens with zero attached hydrogens (tertiary/aromatic N) is 2. The van der Waals surface area contributed by atoms with E-state index >= 15 is 0 Å². The van der Waals surface area contributed by atoms with Crippen molar-refractivity contribution in [2.45, 2.75) is 19.1 Å². The zero-order valence-corrected chi connectivity index (χ0v) is 15.1. The number of rotatable bonds is 5. The van der Waals surface area contributed by atoms with Crippen LogP contribution in [0.15, 0.2) is 84.3 Å². The Morgan fingerprint density at radius 1 is 1.07 bits per heavy atom. The molecule has 1 aliphatic rings. The number of oxime groups is 1. The summed E-state index contributed by atoms with van der Waals surface area (Å²) >= 11 is 0. The third-order valence-corrected chi connectivity index (χ3v) is 4.35. The monoisotopic (exact) mass is 373 g/mol. The van der Waals surface area contributed by atoms with E-state index in [1.54, 1.807) is 30.6 Å². The van der Waals surface area contributed by atoms with Gasteiger partial charge in [-0.25, -0.2) is 0 Å². The van der Waals surface area contributed by atoms with Crippen LogP contribution in [0.1, 0.15) is 34.0 Å². The second kappa shape index (κ2) is 8.35. The highest BCUT2D eigenvalue weighted by atomic mass is 16.7. The van der Waals surface area contributed by atoms with Crippen molar-refractivity contribution in [2.24, 2.45) is 5.16 Å². The van der Waals surface area contributed by atoms with Gasteiger partial charge in [-0.3, -0.25) is 9.78 Å². The molecule has 0 bridgehead atoms. The van der Waals surface area contributed by atoms with Gasteiger partial charge in [-0.1, -0.05) is 47.6 Å². The third kappa shape index (κ3) is 4.35. The minimum atomic E-state index is -0.229. The molecule has 2 aromatic carbocycles. The van der Waals surface area contributed by atoms with Crippen molar-refractivity contribution in [2.75, 3.05) is 0 Å². The number of hydrogen-bond acceptors (Lipinski definition) is 5. The first-order chi connectivity index (χ1) is 13.8. The molecule has 1 N–H and O–H groups in total. The van der Waals surface area contributed by atoms with Gasteiger partial charge in [0.05, 0.1) is 12.6 Å². The van der Waals surface area contributed by atoms with E-state index in [4.69, 9.17) is 9.57 Å². The highest BCUT2D eigenvalue weighted by molar-refractivity contribution is 5.94. The third-order valence-electron chi connectivity index (χ3n) is 4.35. The van der Waals surface area contributed by atoms with Gasteiger partial charge < -0.3 is 14.9 Å². The molecule has 1 atom stereocenters. The quantitative estimate of drug-likeness (QED) is 0.737. The molecule has 2 heterocycles. The predicted octanol–water partition coefficient (Wildman–Crippen LogP) is 3.87. The van der Waals surface area contributed by atoms with Crippen molar-refractivity contribution in [3.05, 3.63) is 95.8 Å². The van der Waals surface area contributed by atoms with Crippen LogP contribution in [-0.4, -0.2) is 16.8 Å². The van der Waals surface area contributed by atoms with Gasteiger partial charge >= 0.3 is 0 Å². The molecule has 0 unspecified atom stereocenters. The van der Waals surface area contributed by atoms with Crippen molar-refractivity contribution in [1.82, 2.24) is 10.3 Å². The molecule has 1 aliphatic heterocycles. The van der Waals surface area contributed by atoms with Gasteiger partial charge in [-0.05, 0) is 35.4 Å². The van der Waals surface area contributed by atoms with Crippen LogP contribution >= 0.6 is 0 Å². The Bertz CT molecular complexity index is 957. The molecule has 0 fully saturated rings. The van der Waals surface area contributed by atoms with Crippen LogP contribution in [0.25, 0.3) is 0 Å². The van der Waals surface area contributed by atoms with E-state index in [1.165, 1.54) is 0 Å². The average Bonchev–Trinajstić information content (AvgIpc) is 3.22. The van der Waals surface area contributed by atoms with Gasteiger partial charge in [-0.2, -0.15) is 0 Å². The number of carbonyl (C=O) groups is 1. The summed E-state index contributed by atoms with van der Waals surface area (Å²) in [6.07, 6.45) is 3.60. The van der Waals surface area contributed by atoms with E-state index in [2.05, 4.69) is 15.5 Å². The molecule has 1 aromatic heterocycles. The maximum Gasteiger partial charge on any atom is 0.251 e. The summed E-state index contributed by atoms with van der Waals surface area (Å²) in [4.78, 5) is 21.8. The highest BCUT2D eigenvalue weighted by Gasteiger charge is 2.24. The summed E-state index contributed by atoms with van der Waals surface area (Å²) in [5.41, 5.74) is 2.60. The molecule has 4 rings (SSSR count). The molecule has 0 saturated carbocycles. The fourth-order valence-corrected chi connectivity index (χ4v) is 2.87. The van der Waals surface area contributed by atoms with E-state index in [-0.39, 0.29) is 12.0 Å². The Balaban J connectivity index is 1.32. The Hall–Kier alpha value is -3.67. The molecule has 0 spiro atoms. The van der Waals surface area contributed by atoms with E-state index in [9.17, 15) is 4.79 Å². The number of ether oxygens (including phenoxy) is 1. The topological polar surface area (TPSA) is 72.8 Å². The van der Waals surface area contributed by atoms with Crippen LogP contribution in [0, 0.1) is 0 Å². The molecule has 0 saturated heterocycles. The fourth-order valence-electron chi connectivity index (χ4n) is 2.87. The van der Waals surface area contributed by atoms with Crippen molar-refractivity contribution in [3.63, 3.8) is 0 Å². The van der Waals surface area contributed by atoms with E-state index < -0.39 is 0 Å². The molecule has 0 aliphatic carbocycles. The highest BCUT2D eigenvalue weighted by Crippen LogP contribution is 2.28. The van der Waals surface area contributed by atoms with Gasteiger partial charge in [0.15, 0.2) is 6.10 Å². The number of pyridine rings is 1. The summed E-state index contributed by atoms with van der Waals surface area (Å²) < 4.78 is 5.66. The number of hydrogen-bond donors (Lipinski definition) is 1. The minimum absolute atomic E-state index is 0.111. The van der Waals surface area contributed by atoms with Gasteiger partial charge in [0, 0.05) is 18.3 Å². The van der Waals surface area contributed by atoms with Crippen LogP contribution in [0.4, 0.5) is 0 Å². The van der Waals surface area contributed by atoms with Crippen LogP contribution in [-0.2, 0) is 11.4 Å². The summed E-state index contributed by atoms with van der Waals surface area (Å²) in [5, 5.41) is 6.92. The lowest BCUT2D eigenvalue weighted by Gasteiger charge is -2.10. The number of amides is 1. The van der Waals surface area contributed by atoms with Gasteiger partial charge in [0.2, 0.25) is 5.90 Å².